The van der Waals surface area contributed by atoms with E-state index < -0.39 is 12.1 Å². The Kier molecular flexibility index (Phi) is 48.6. The van der Waals surface area contributed by atoms with Crippen LogP contribution in [0.15, 0.2) is 134 Å². The number of allylic oxidation sites excluding steroid dienone is 22. The van der Waals surface area contributed by atoms with Crippen LogP contribution in [-0.4, -0.2) is 37.2 Å². The Bertz CT molecular complexity index is 1450. The first-order chi connectivity index (χ1) is 32.0. The second kappa shape index (κ2) is 52.2. The molecule has 6 heteroatoms. The zero-order valence-corrected chi connectivity index (χ0v) is 41.4. The molecule has 0 radical (unpaired) electrons. The summed E-state index contributed by atoms with van der Waals surface area (Å²) in [6, 6.07) is 0. The number of ether oxygens (including phenoxy) is 3. The minimum atomic E-state index is -0.845. The maximum Gasteiger partial charge on any atom is 0.306 e. The third-order valence-corrected chi connectivity index (χ3v) is 10.1. The predicted octanol–water partition coefficient (Wildman–Crippen LogP) is 17.1. The Morgan fingerprint density at radius 2 is 0.662 bits per heavy atom. The largest absolute Gasteiger partial charge is 0.462 e. The minimum Gasteiger partial charge on any atom is -0.462 e. The fraction of sp³-hybridized carbons (Fsp3) is 0.576. The average Bonchev–Trinajstić information content (AvgIpc) is 3.30. The molecule has 0 amide bonds. The molecule has 65 heavy (non-hydrogen) atoms. The third-order valence-electron chi connectivity index (χ3n) is 10.1. The van der Waals surface area contributed by atoms with E-state index in [2.05, 4.69) is 142 Å². The quantitative estimate of drug-likeness (QED) is 0.0262. The summed E-state index contributed by atoms with van der Waals surface area (Å²) in [5.74, 6) is -1.10. The highest BCUT2D eigenvalue weighted by Gasteiger charge is 2.19. The van der Waals surface area contributed by atoms with Crippen LogP contribution in [0, 0.1) is 0 Å². The standard InChI is InChI=1S/C59H92O6/c1-4-7-10-13-16-19-22-24-26-28-29-31-32-34-37-40-43-46-49-52-58(61)64-55-56(54-63-57(60)51-48-45-42-39-36-21-18-15-12-9-6-3)65-59(62)53-50-47-44-41-38-35-33-30-27-25-23-20-17-14-11-8-5-2/h8,11,15-20,24-27,29,31,33-35,37,41,43-44,46,56H,4-7,9-10,12-14,21-23,28,30,32,36,38-40,42,45,47-55H2,1-3H3/b11-8-,18-15-,19-16-,20-17-,26-24-,27-25-,31-29-,35-33-,37-34-,44-41-,46-43-/t56-/m0/s1. The maximum absolute atomic E-state index is 12.8. The summed E-state index contributed by atoms with van der Waals surface area (Å²) < 4.78 is 16.6. The number of rotatable bonds is 44. The molecule has 0 rings (SSSR count). The molecule has 0 bridgehead atoms. The van der Waals surface area contributed by atoms with E-state index in [0.29, 0.717) is 19.3 Å². The molecule has 0 aromatic heterocycles. The number of unbranched alkanes of at least 4 members (excludes halogenated alkanes) is 11. The van der Waals surface area contributed by atoms with E-state index in [9.17, 15) is 14.4 Å². The molecular formula is C59H92O6. The van der Waals surface area contributed by atoms with Crippen molar-refractivity contribution in [3.05, 3.63) is 134 Å². The molecule has 1 atom stereocenters. The zero-order valence-electron chi connectivity index (χ0n) is 41.4. The lowest BCUT2D eigenvalue weighted by atomic mass is 10.1. The Labute approximate surface area is 398 Å². The van der Waals surface area contributed by atoms with Gasteiger partial charge in [-0.25, -0.2) is 0 Å². The molecule has 0 aromatic rings. The first-order valence-electron chi connectivity index (χ1n) is 25.7. The smallest absolute Gasteiger partial charge is 0.306 e. The van der Waals surface area contributed by atoms with Crippen LogP contribution in [0.2, 0.25) is 0 Å². The second-order valence-corrected chi connectivity index (χ2v) is 16.3. The van der Waals surface area contributed by atoms with E-state index in [4.69, 9.17) is 14.2 Å². The molecule has 0 heterocycles. The summed E-state index contributed by atoms with van der Waals surface area (Å²) in [6.07, 6.45) is 73.1. The van der Waals surface area contributed by atoms with Crippen LogP contribution in [0.4, 0.5) is 0 Å². The van der Waals surface area contributed by atoms with Gasteiger partial charge >= 0.3 is 17.9 Å². The number of hydrogen-bond acceptors (Lipinski definition) is 6. The van der Waals surface area contributed by atoms with Crippen molar-refractivity contribution >= 4 is 17.9 Å². The van der Waals surface area contributed by atoms with Gasteiger partial charge in [-0.2, -0.15) is 0 Å². The van der Waals surface area contributed by atoms with E-state index in [1.165, 1.54) is 51.4 Å². The SMILES string of the molecule is CC/C=C\C/C=C\C/C=C\C/C=C\C/C=C\CCCC(=O)O[C@H](COC(=O)CC/C=C\C/C=C\C/C=C\C/C=C\C/C=C\CCCCC)COC(=O)CCCCCCC/C=C\CCCC. The van der Waals surface area contributed by atoms with E-state index in [-0.39, 0.29) is 38.0 Å². The van der Waals surface area contributed by atoms with Crippen molar-refractivity contribution < 1.29 is 28.6 Å². The van der Waals surface area contributed by atoms with Gasteiger partial charge in [-0.05, 0) is 116 Å². The lowest BCUT2D eigenvalue weighted by Crippen LogP contribution is -2.30. The van der Waals surface area contributed by atoms with Crippen LogP contribution in [-0.2, 0) is 28.6 Å². The summed E-state index contributed by atoms with van der Waals surface area (Å²) in [5, 5.41) is 0. The van der Waals surface area contributed by atoms with Crippen molar-refractivity contribution in [1.29, 1.82) is 0 Å². The second-order valence-electron chi connectivity index (χ2n) is 16.3. The Morgan fingerprint density at radius 1 is 0.323 bits per heavy atom. The van der Waals surface area contributed by atoms with Crippen molar-refractivity contribution in [1.82, 2.24) is 0 Å². The van der Waals surface area contributed by atoms with Crippen LogP contribution in [0.5, 0.6) is 0 Å². The van der Waals surface area contributed by atoms with E-state index in [0.717, 1.165) is 96.3 Å². The highest BCUT2D eigenvalue weighted by Crippen LogP contribution is 2.11. The number of hydrogen-bond donors (Lipinski definition) is 0. The summed E-state index contributed by atoms with van der Waals surface area (Å²) in [5.41, 5.74) is 0. The van der Waals surface area contributed by atoms with Crippen molar-refractivity contribution in [2.24, 2.45) is 0 Å². The molecule has 0 aliphatic carbocycles. The van der Waals surface area contributed by atoms with Crippen molar-refractivity contribution in [3.63, 3.8) is 0 Å². The molecule has 0 saturated carbocycles. The first kappa shape index (κ1) is 60.6. The minimum absolute atomic E-state index is 0.133. The average molecular weight is 897 g/mol. The summed E-state index contributed by atoms with van der Waals surface area (Å²) in [7, 11) is 0. The van der Waals surface area contributed by atoms with Crippen molar-refractivity contribution in [3.8, 4) is 0 Å². The van der Waals surface area contributed by atoms with Crippen LogP contribution in [0.1, 0.15) is 201 Å². The van der Waals surface area contributed by atoms with E-state index in [1.54, 1.807) is 0 Å². The third kappa shape index (κ3) is 50.4. The number of carbonyl (C=O) groups is 3. The molecule has 0 N–H and O–H groups in total. The molecule has 0 aliphatic rings. The van der Waals surface area contributed by atoms with Gasteiger partial charge in [0, 0.05) is 19.3 Å². The molecule has 0 fully saturated rings. The van der Waals surface area contributed by atoms with E-state index in [1.807, 2.05) is 12.2 Å². The van der Waals surface area contributed by atoms with Gasteiger partial charge in [0.1, 0.15) is 13.2 Å². The Morgan fingerprint density at radius 3 is 1.14 bits per heavy atom. The highest BCUT2D eigenvalue weighted by molar-refractivity contribution is 5.71. The summed E-state index contributed by atoms with van der Waals surface area (Å²) in [4.78, 5) is 37.9. The maximum atomic E-state index is 12.8. The van der Waals surface area contributed by atoms with Gasteiger partial charge in [0.2, 0.25) is 0 Å². The number of carbonyl (C=O) groups excluding carboxylic acids is 3. The molecule has 0 unspecified atom stereocenters. The summed E-state index contributed by atoms with van der Waals surface area (Å²) >= 11 is 0. The normalized spacial score (nSPS) is 13.2. The predicted molar refractivity (Wildman–Crippen MR) is 279 cm³/mol. The van der Waals surface area contributed by atoms with Gasteiger partial charge < -0.3 is 14.2 Å². The van der Waals surface area contributed by atoms with Crippen LogP contribution in [0.3, 0.4) is 0 Å². The van der Waals surface area contributed by atoms with Crippen molar-refractivity contribution in [2.75, 3.05) is 13.2 Å². The van der Waals surface area contributed by atoms with Gasteiger partial charge in [-0.1, -0.05) is 199 Å². The number of esters is 3. The highest BCUT2D eigenvalue weighted by atomic mass is 16.6. The molecule has 0 spiro atoms. The van der Waals surface area contributed by atoms with E-state index >= 15 is 0 Å². The molecule has 0 aromatic carbocycles. The summed E-state index contributed by atoms with van der Waals surface area (Å²) in [6.45, 7) is 6.31. The van der Waals surface area contributed by atoms with Crippen molar-refractivity contribution in [2.45, 2.75) is 207 Å². The first-order valence-corrected chi connectivity index (χ1v) is 25.7. The topological polar surface area (TPSA) is 78.9 Å². The lowest BCUT2D eigenvalue weighted by molar-refractivity contribution is -0.166. The van der Waals surface area contributed by atoms with Crippen LogP contribution < -0.4 is 0 Å². The van der Waals surface area contributed by atoms with Crippen LogP contribution >= 0.6 is 0 Å². The van der Waals surface area contributed by atoms with Gasteiger partial charge in [0.25, 0.3) is 0 Å². The van der Waals surface area contributed by atoms with Gasteiger partial charge in [-0.15, -0.1) is 0 Å². The lowest BCUT2D eigenvalue weighted by Gasteiger charge is -2.18. The van der Waals surface area contributed by atoms with Crippen LogP contribution in [0.25, 0.3) is 0 Å². The van der Waals surface area contributed by atoms with Gasteiger partial charge in [0.05, 0.1) is 0 Å². The Hall–Kier alpha value is -4.45. The molecule has 6 nitrogen and oxygen atoms in total. The van der Waals surface area contributed by atoms with Gasteiger partial charge in [-0.3, -0.25) is 14.4 Å². The van der Waals surface area contributed by atoms with Gasteiger partial charge in [0.15, 0.2) is 6.10 Å². The Balaban J connectivity index is 4.61. The molecule has 364 valence electrons. The monoisotopic (exact) mass is 897 g/mol. The zero-order chi connectivity index (χ0) is 47.2. The fourth-order valence-corrected chi connectivity index (χ4v) is 6.26. The molecular weight excluding hydrogens is 805 g/mol. The molecule has 0 saturated heterocycles. The molecule has 0 aliphatic heterocycles. The fourth-order valence-electron chi connectivity index (χ4n) is 6.26.